The van der Waals surface area contributed by atoms with Gasteiger partial charge in [-0.15, -0.1) is 0 Å². The summed E-state index contributed by atoms with van der Waals surface area (Å²) in [5, 5.41) is 32.4. The molecule has 3 aliphatic rings. The van der Waals surface area contributed by atoms with Crippen molar-refractivity contribution in [3.8, 4) is 0 Å². The van der Waals surface area contributed by atoms with Gasteiger partial charge in [-0.05, 0) is 18.9 Å². The van der Waals surface area contributed by atoms with Crippen molar-refractivity contribution in [2.75, 3.05) is 0 Å². The maximum Gasteiger partial charge on any atom is 0.336 e. The minimum Gasteiger partial charge on any atom is -0.458 e. The van der Waals surface area contributed by atoms with Gasteiger partial charge in [0.25, 0.3) is 0 Å². The molecule has 0 radical (unpaired) electrons. The van der Waals surface area contributed by atoms with Gasteiger partial charge in [-0.25, -0.2) is 4.79 Å². The average Bonchev–Trinajstić information content (AvgIpc) is 2.82. The van der Waals surface area contributed by atoms with Crippen molar-refractivity contribution in [3.05, 3.63) is 33.4 Å². The fourth-order valence-corrected chi connectivity index (χ4v) is 5.60. The van der Waals surface area contributed by atoms with E-state index in [1.165, 1.54) is 6.07 Å². The number of esters is 1. The third-order valence-electron chi connectivity index (χ3n) is 6.72. The van der Waals surface area contributed by atoms with Gasteiger partial charge in [0.15, 0.2) is 0 Å². The van der Waals surface area contributed by atoms with Crippen molar-refractivity contribution in [1.29, 1.82) is 0 Å². The Morgan fingerprint density at radius 2 is 1.85 bits per heavy atom. The summed E-state index contributed by atoms with van der Waals surface area (Å²) in [5.41, 5.74) is -1.95. The molecule has 7 atom stereocenters. The van der Waals surface area contributed by atoms with E-state index in [0.717, 1.165) is 0 Å². The van der Waals surface area contributed by atoms with Crippen molar-refractivity contribution in [2.45, 2.75) is 69.9 Å². The van der Waals surface area contributed by atoms with E-state index in [4.69, 9.17) is 9.15 Å². The molecule has 1 saturated heterocycles. The van der Waals surface area contributed by atoms with Crippen LogP contribution < -0.4 is 5.63 Å². The fraction of sp³-hybridized carbons (Fsp3) is 0.684. The molecule has 26 heavy (non-hydrogen) atoms. The van der Waals surface area contributed by atoms with E-state index in [0.29, 0.717) is 16.9 Å². The summed E-state index contributed by atoms with van der Waals surface area (Å²) in [6.45, 7) is 7.08. The van der Waals surface area contributed by atoms with Crippen LogP contribution in [0.5, 0.6) is 0 Å². The number of aliphatic hydroxyl groups is 3. The van der Waals surface area contributed by atoms with E-state index >= 15 is 0 Å². The zero-order chi connectivity index (χ0) is 19.2. The third-order valence-corrected chi connectivity index (χ3v) is 6.72. The SMILES string of the molecule is CC(C)c1oc(=O)cc2c1[C@@H](O)[C@H]1OC(=O)[C@@]3(C)C[C@H](O)[C@@H](O)[C@@]2(C)[C@H]13. The molecule has 0 unspecified atom stereocenters. The second-order valence-electron chi connectivity index (χ2n) is 8.62. The molecule has 0 aromatic carbocycles. The van der Waals surface area contributed by atoms with Gasteiger partial charge < -0.3 is 24.5 Å². The first-order chi connectivity index (χ1) is 12.0. The summed E-state index contributed by atoms with van der Waals surface area (Å²) < 4.78 is 10.9. The summed E-state index contributed by atoms with van der Waals surface area (Å²) in [7, 11) is 0. The summed E-state index contributed by atoms with van der Waals surface area (Å²) in [6.07, 6.45) is -4.32. The Bertz CT molecular complexity index is 843. The van der Waals surface area contributed by atoms with Crippen molar-refractivity contribution >= 4 is 5.97 Å². The van der Waals surface area contributed by atoms with Crippen molar-refractivity contribution in [2.24, 2.45) is 11.3 Å². The topological polar surface area (TPSA) is 117 Å². The molecule has 2 aliphatic carbocycles. The lowest BCUT2D eigenvalue weighted by Crippen LogP contribution is -2.64. The predicted molar refractivity (Wildman–Crippen MR) is 89.5 cm³/mol. The Morgan fingerprint density at radius 3 is 2.46 bits per heavy atom. The lowest BCUT2D eigenvalue weighted by atomic mass is 9.48. The maximum atomic E-state index is 12.6. The summed E-state index contributed by atoms with van der Waals surface area (Å²) in [4.78, 5) is 24.8. The summed E-state index contributed by atoms with van der Waals surface area (Å²) >= 11 is 0. The first-order valence-electron chi connectivity index (χ1n) is 8.97. The van der Waals surface area contributed by atoms with Crippen LogP contribution in [-0.4, -0.2) is 39.6 Å². The van der Waals surface area contributed by atoms with Crippen LogP contribution in [0.1, 0.15) is 63.0 Å². The van der Waals surface area contributed by atoms with Gasteiger partial charge in [-0.3, -0.25) is 4.79 Å². The number of carbonyl (C=O) groups is 1. The summed E-state index contributed by atoms with van der Waals surface area (Å²) in [5.74, 6) is -0.940. The first kappa shape index (κ1) is 17.7. The number of aliphatic hydroxyl groups excluding tert-OH is 3. The largest absolute Gasteiger partial charge is 0.458 e. The number of ether oxygens (including phenoxy) is 1. The molecular weight excluding hydrogens is 340 g/mol. The van der Waals surface area contributed by atoms with Gasteiger partial charge in [0, 0.05) is 28.9 Å². The number of fused-ring (bicyclic) bond motifs is 2. The van der Waals surface area contributed by atoms with Gasteiger partial charge in [-0.2, -0.15) is 0 Å². The Labute approximate surface area is 150 Å². The molecule has 7 nitrogen and oxygen atoms in total. The van der Waals surface area contributed by atoms with Gasteiger partial charge in [0.05, 0.1) is 17.6 Å². The molecule has 0 amide bonds. The lowest BCUT2D eigenvalue weighted by Gasteiger charge is -2.55. The molecule has 0 spiro atoms. The number of hydrogen-bond acceptors (Lipinski definition) is 7. The zero-order valence-corrected chi connectivity index (χ0v) is 15.2. The monoisotopic (exact) mass is 364 g/mol. The fourth-order valence-electron chi connectivity index (χ4n) is 5.60. The highest BCUT2D eigenvalue weighted by Gasteiger charge is 2.71. The van der Waals surface area contributed by atoms with Gasteiger partial charge in [0.2, 0.25) is 0 Å². The van der Waals surface area contributed by atoms with E-state index in [2.05, 4.69) is 0 Å². The Morgan fingerprint density at radius 1 is 1.19 bits per heavy atom. The Balaban J connectivity index is 2.08. The van der Waals surface area contributed by atoms with Gasteiger partial charge in [-0.1, -0.05) is 20.8 Å². The third kappa shape index (κ3) is 1.88. The standard InChI is InChI=1S/C19H24O7/c1-7(2)13-11-8(5-10(21)25-13)19(4)15-14(12(11)22)26-17(24)18(15,3)6-9(20)16(19)23/h5,7,9,12,14-16,20,22-23H,6H2,1-4H3/t9-,12+,14+,15+,16+,18-,19+/m0/s1. The number of carbonyl (C=O) groups excluding carboxylic acids is 1. The first-order valence-corrected chi connectivity index (χ1v) is 8.97. The molecule has 1 aromatic rings. The zero-order valence-electron chi connectivity index (χ0n) is 15.2. The molecule has 1 aromatic heterocycles. The number of rotatable bonds is 1. The molecule has 0 bridgehead atoms. The van der Waals surface area contributed by atoms with Crippen LogP contribution in [0.25, 0.3) is 0 Å². The van der Waals surface area contributed by atoms with E-state index in [1.54, 1.807) is 13.8 Å². The molecular formula is C19H24O7. The highest BCUT2D eigenvalue weighted by atomic mass is 16.6. The number of hydrogen-bond donors (Lipinski definition) is 3. The summed E-state index contributed by atoms with van der Waals surface area (Å²) in [6, 6.07) is 1.27. The van der Waals surface area contributed by atoms with E-state index in [1.807, 2.05) is 13.8 Å². The molecule has 3 N–H and O–H groups in total. The van der Waals surface area contributed by atoms with E-state index < -0.39 is 52.8 Å². The second-order valence-corrected chi connectivity index (χ2v) is 8.62. The average molecular weight is 364 g/mol. The smallest absolute Gasteiger partial charge is 0.336 e. The van der Waals surface area contributed by atoms with Gasteiger partial charge in [0.1, 0.15) is 18.0 Å². The maximum absolute atomic E-state index is 12.6. The highest BCUT2D eigenvalue weighted by Crippen LogP contribution is 2.63. The minimum absolute atomic E-state index is 0.0459. The normalized spacial score (nSPS) is 43.8. The highest BCUT2D eigenvalue weighted by molar-refractivity contribution is 5.81. The predicted octanol–water partition coefficient (Wildman–Crippen LogP) is 0.741. The quantitative estimate of drug-likeness (QED) is 0.629. The second kappa shape index (κ2) is 5.18. The molecule has 7 heteroatoms. The minimum atomic E-state index is -1.20. The van der Waals surface area contributed by atoms with E-state index in [9.17, 15) is 24.9 Å². The Hall–Kier alpha value is -1.70. The Kier molecular flexibility index (Phi) is 3.53. The van der Waals surface area contributed by atoms with Crippen molar-refractivity contribution in [1.82, 2.24) is 0 Å². The van der Waals surface area contributed by atoms with Crippen LogP contribution in [-0.2, 0) is 14.9 Å². The molecule has 2 heterocycles. The van der Waals surface area contributed by atoms with Crippen molar-refractivity contribution in [3.63, 3.8) is 0 Å². The van der Waals surface area contributed by atoms with Crippen LogP contribution in [0.3, 0.4) is 0 Å². The van der Waals surface area contributed by atoms with Crippen LogP contribution >= 0.6 is 0 Å². The lowest BCUT2D eigenvalue weighted by molar-refractivity contribution is -0.156. The molecule has 142 valence electrons. The van der Waals surface area contributed by atoms with Crippen LogP contribution in [0.2, 0.25) is 0 Å². The molecule has 2 fully saturated rings. The molecule has 4 rings (SSSR count). The van der Waals surface area contributed by atoms with Gasteiger partial charge >= 0.3 is 11.6 Å². The van der Waals surface area contributed by atoms with Crippen molar-refractivity contribution < 1.29 is 29.3 Å². The van der Waals surface area contributed by atoms with Crippen LogP contribution in [0, 0.1) is 11.3 Å². The molecule has 1 saturated carbocycles. The van der Waals surface area contributed by atoms with E-state index in [-0.39, 0.29) is 12.3 Å². The van der Waals surface area contributed by atoms with Crippen LogP contribution in [0.15, 0.2) is 15.3 Å². The van der Waals surface area contributed by atoms with Crippen LogP contribution in [0.4, 0.5) is 0 Å². The molecule has 1 aliphatic heterocycles.